The molecule has 0 aliphatic carbocycles. The van der Waals surface area contributed by atoms with Crippen molar-refractivity contribution in [3.63, 3.8) is 0 Å². The van der Waals surface area contributed by atoms with Crippen LogP contribution >= 0.6 is 0 Å². The number of alkyl halides is 10. The minimum atomic E-state index is -6.57. The first kappa shape index (κ1) is 21.6. The molecule has 0 saturated carbocycles. The molecule has 0 aliphatic rings. The van der Waals surface area contributed by atoms with Crippen LogP contribution in [0.3, 0.4) is 0 Å². The van der Waals surface area contributed by atoms with Crippen molar-refractivity contribution in [3.05, 3.63) is 47.5 Å². The standard InChI is InChI=1S/C16H8F10O2/c17-13(18,15(21,22)23)11-9(7-1-3-8(27)4-2-7)5-6-10(28)12(11)14(19,20)16(24,25)26/h1-6,27-28H. The second kappa shape index (κ2) is 6.45. The highest BCUT2D eigenvalue weighted by Crippen LogP contribution is 2.56. The summed E-state index contributed by atoms with van der Waals surface area (Å²) in [5, 5.41) is 18.6. The Kier molecular flexibility index (Phi) is 4.98. The maximum absolute atomic E-state index is 14.1. The molecule has 154 valence electrons. The summed E-state index contributed by atoms with van der Waals surface area (Å²) in [6, 6.07) is 3.53. The highest BCUT2D eigenvalue weighted by Gasteiger charge is 2.67. The predicted octanol–water partition coefficient (Wildman–Crippen LogP) is 6.07. The summed E-state index contributed by atoms with van der Waals surface area (Å²) in [4.78, 5) is 0. The molecule has 2 rings (SSSR count). The summed E-state index contributed by atoms with van der Waals surface area (Å²) in [6.07, 6.45) is -13.1. The molecule has 2 nitrogen and oxygen atoms in total. The van der Waals surface area contributed by atoms with Crippen molar-refractivity contribution in [1.82, 2.24) is 0 Å². The van der Waals surface area contributed by atoms with Crippen molar-refractivity contribution in [2.45, 2.75) is 24.2 Å². The van der Waals surface area contributed by atoms with Gasteiger partial charge < -0.3 is 10.2 Å². The molecule has 2 aromatic rings. The van der Waals surface area contributed by atoms with Gasteiger partial charge in [-0.15, -0.1) is 0 Å². The third-order valence-electron chi connectivity index (χ3n) is 3.70. The predicted molar refractivity (Wildman–Crippen MR) is 75.1 cm³/mol. The Morgan fingerprint density at radius 2 is 0.964 bits per heavy atom. The topological polar surface area (TPSA) is 40.5 Å². The van der Waals surface area contributed by atoms with Gasteiger partial charge in [0.15, 0.2) is 0 Å². The van der Waals surface area contributed by atoms with Crippen molar-refractivity contribution in [1.29, 1.82) is 0 Å². The molecule has 0 heterocycles. The number of hydrogen-bond donors (Lipinski definition) is 2. The molecule has 28 heavy (non-hydrogen) atoms. The molecule has 0 aliphatic heterocycles. The Hall–Kier alpha value is -2.66. The average molecular weight is 422 g/mol. The molecule has 0 amide bonds. The van der Waals surface area contributed by atoms with Gasteiger partial charge in [0.1, 0.15) is 11.5 Å². The Morgan fingerprint density at radius 1 is 0.536 bits per heavy atom. The van der Waals surface area contributed by atoms with E-state index in [-0.39, 0.29) is 6.07 Å². The van der Waals surface area contributed by atoms with Crippen LogP contribution in [0.15, 0.2) is 36.4 Å². The second-order valence-electron chi connectivity index (χ2n) is 5.57. The zero-order valence-corrected chi connectivity index (χ0v) is 13.1. The number of halogens is 10. The van der Waals surface area contributed by atoms with Gasteiger partial charge in [-0.3, -0.25) is 0 Å². The molecule has 2 N–H and O–H groups in total. The van der Waals surface area contributed by atoms with E-state index in [1.165, 1.54) is 0 Å². The van der Waals surface area contributed by atoms with E-state index in [0.717, 1.165) is 24.3 Å². The van der Waals surface area contributed by atoms with Gasteiger partial charge in [-0.1, -0.05) is 18.2 Å². The van der Waals surface area contributed by atoms with E-state index >= 15 is 0 Å². The molecular weight excluding hydrogens is 414 g/mol. The van der Waals surface area contributed by atoms with Crippen LogP contribution in [0.2, 0.25) is 0 Å². The lowest BCUT2D eigenvalue weighted by molar-refractivity contribution is -0.301. The van der Waals surface area contributed by atoms with E-state index in [1.54, 1.807) is 0 Å². The molecule has 0 aromatic heterocycles. The van der Waals surface area contributed by atoms with Crippen molar-refractivity contribution in [3.8, 4) is 22.6 Å². The van der Waals surface area contributed by atoms with Gasteiger partial charge >= 0.3 is 24.2 Å². The molecule has 0 radical (unpaired) electrons. The lowest BCUT2D eigenvalue weighted by Crippen LogP contribution is -2.40. The van der Waals surface area contributed by atoms with Gasteiger partial charge in [-0.25, -0.2) is 0 Å². The fourth-order valence-electron chi connectivity index (χ4n) is 2.40. The highest BCUT2D eigenvalue weighted by atomic mass is 19.4. The zero-order valence-electron chi connectivity index (χ0n) is 13.1. The normalized spacial score (nSPS) is 13.6. The number of hydrogen-bond acceptors (Lipinski definition) is 2. The molecule has 0 saturated heterocycles. The fourth-order valence-corrected chi connectivity index (χ4v) is 2.40. The summed E-state index contributed by atoms with van der Waals surface area (Å²) in [7, 11) is 0. The van der Waals surface area contributed by atoms with Gasteiger partial charge in [0.05, 0.1) is 11.1 Å². The van der Waals surface area contributed by atoms with Crippen LogP contribution in [0, 0.1) is 0 Å². The second-order valence-corrected chi connectivity index (χ2v) is 5.57. The van der Waals surface area contributed by atoms with Crippen molar-refractivity contribution in [2.75, 3.05) is 0 Å². The Morgan fingerprint density at radius 3 is 1.39 bits per heavy atom. The van der Waals surface area contributed by atoms with E-state index in [4.69, 9.17) is 5.11 Å². The Bertz CT molecular complexity index is 867. The lowest BCUT2D eigenvalue weighted by atomic mass is 9.87. The van der Waals surface area contributed by atoms with E-state index in [1.807, 2.05) is 0 Å². The lowest BCUT2D eigenvalue weighted by Gasteiger charge is -2.30. The van der Waals surface area contributed by atoms with E-state index in [9.17, 15) is 49.0 Å². The van der Waals surface area contributed by atoms with E-state index in [0.29, 0.717) is 6.07 Å². The summed E-state index contributed by atoms with van der Waals surface area (Å²) in [5.74, 6) is -15.0. The maximum Gasteiger partial charge on any atom is 0.458 e. The SMILES string of the molecule is Oc1ccc(-c2ccc(O)c(C(F)(F)C(F)(F)F)c2C(F)(F)C(F)(F)F)cc1. The zero-order chi connectivity index (χ0) is 21.7. The summed E-state index contributed by atoms with van der Waals surface area (Å²) in [6.45, 7) is 0. The summed E-state index contributed by atoms with van der Waals surface area (Å²) in [5.41, 5.74) is -7.61. The van der Waals surface area contributed by atoms with Gasteiger partial charge in [0.25, 0.3) is 0 Å². The number of phenolic OH excluding ortho intramolecular Hbond substituents is 2. The molecule has 0 fully saturated rings. The quantitative estimate of drug-likeness (QED) is 0.590. The Labute approximate surface area is 149 Å². The molecule has 12 heteroatoms. The first-order valence-electron chi connectivity index (χ1n) is 7.07. The van der Waals surface area contributed by atoms with Crippen LogP contribution in [0.5, 0.6) is 11.5 Å². The number of phenols is 2. The van der Waals surface area contributed by atoms with Crippen LogP contribution in [0.1, 0.15) is 11.1 Å². The van der Waals surface area contributed by atoms with Crippen LogP contribution in [0.4, 0.5) is 43.9 Å². The smallest absolute Gasteiger partial charge is 0.458 e. The first-order chi connectivity index (χ1) is 12.5. The maximum atomic E-state index is 14.1. The monoisotopic (exact) mass is 422 g/mol. The van der Waals surface area contributed by atoms with Crippen molar-refractivity contribution < 1.29 is 54.1 Å². The van der Waals surface area contributed by atoms with Gasteiger partial charge in [0, 0.05) is 0 Å². The number of benzene rings is 2. The number of aromatic hydroxyl groups is 2. The van der Waals surface area contributed by atoms with Gasteiger partial charge in [0.2, 0.25) is 0 Å². The van der Waals surface area contributed by atoms with Crippen LogP contribution < -0.4 is 0 Å². The highest BCUT2D eigenvalue weighted by molar-refractivity contribution is 5.73. The molecule has 0 atom stereocenters. The molecule has 0 spiro atoms. The minimum Gasteiger partial charge on any atom is -0.508 e. The van der Waals surface area contributed by atoms with E-state index < -0.39 is 58.0 Å². The van der Waals surface area contributed by atoms with Crippen molar-refractivity contribution >= 4 is 0 Å². The fraction of sp³-hybridized carbons (Fsp3) is 0.250. The first-order valence-corrected chi connectivity index (χ1v) is 7.07. The third-order valence-corrected chi connectivity index (χ3v) is 3.70. The van der Waals surface area contributed by atoms with Crippen LogP contribution in [-0.4, -0.2) is 22.6 Å². The van der Waals surface area contributed by atoms with Gasteiger partial charge in [-0.05, 0) is 29.3 Å². The largest absolute Gasteiger partial charge is 0.508 e. The third kappa shape index (κ3) is 3.42. The summed E-state index contributed by atoms with van der Waals surface area (Å²) < 4.78 is 133. The molecule has 2 aromatic carbocycles. The van der Waals surface area contributed by atoms with E-state index in [2.05, 4.69) is 0 Å². The average Bonchev–Trinajstić information content (AvgIpc) is 2.53. The number of rotatable bonds is 3. The van der Waals surface area contributed by atoms with Crippen molar-refractivity contribution in [2.24, 2.45) is 0 Å². The van der Waals surface area contributed by atoms with Crippen LogP contribution in [-0.2, 0) is 11.8 Å². The molecule has 0 bridgehead atoms. The van der Waals surface area contributed by atoms with Gasteiger partial charge in [-0.2, -0.15) is 43.9 Å². The Balaban J connectivity index is 3.01. The molecular formula is C16H8F10O2. The van der Waals surface area contributed by atoms with Crippen LogP contribution in [0.25, 0.3) is 11.1 Å². The summed E-state index contributed by atoms with van der Waals surface area (Å²) >= 11 is 0. The molecule has 0 unspecified atom stereocenters. The minimum absolute atomic E-state index is 0.146.